The van der Waals surface area contributed by atoms with E-state index in [0.29, 0.717) is 0 Å². The maximum absolute atomic E-state index is 9.00. The molecule has 1 aromatic heterocycles. The summed E-state index contributed by atoms with van der Waals surface area (Å²) in [5, 5.41) is 14.2. The van der Waals surface area contributed by atoms with Crippen molar-refractivity contribution in [3.05, 3.63) is 0 Å². The maximum atomic E-state index is 9.00. The third kappa shape index (κ3) is 79.1. The van der Waals surface area contributed by atoms with Crippen LogP contribution in [-0.4, -0.2) is 35.7 Å². The van der Waals surface area contributed by atoms with Gasteiger partial charge >= 0.3 is 13.9 Å². The number of primary amides is 2. The third-order valence-electron chi connectivity index (χ3n) is 0.687. The van der Waals surface area contributed by atoms with Gasteiger partial charge < -0.3 is 54.8 Å². The van der Waals surface area contributed by atoms with Crippen molar-refractivity contribution in [3.8, 4) is 12.4 Å². The molecule has 0 saturated heterocycles. The quantitative estimate of drug-likeness (QED) is 0.117. The van der Waals surface area contributed by atoms with Crippen LogP contribution in [0.5, 0.6) is 0 Å². The van der Waals surface area contributed by atoms with Crippen molar-refractivity contribution in [1.29, 1.82) is 10.5 Å². The highest BCUT2D eigenvalue weighted by molar-refractivity contribution is 7.45. The normalized spacial score (nSPS) is 7.54. The van der Waals surface area contributed by atoms with Crippen LogP contribution in [0, 0.1) is 22.9 Å². The summed E-state index contributed by atoms with van der Waals surface area (Å²) in [6, 6.07) is -0.833. The molecule has 0 saturated carbocycles. The lowest BCUT2D eigenvalue weighted by Crippen LogP contribution is -2.18. The van der Waals surface area contributed by atoms with Gasteiger partial charge in [-0.1, -0.05) is 0 Å². The van der Waals surface area contributed by atoms with Crippen molar-refractivity contribution >= 4 is 31.7 Å². The minimum Gasteiger partial charge on any atom is -0.368 e. The molecule has 2 amide bonds. The third-order valence-corrected chi connectivity index (χ3v) is 0.687. The first-order chi connectivity index (χ1) is 10.7. The predicted molar refractivity (Wildman–Crippen MR) is 80.7 cm³/mol. The van der Waals surface area contributed by atoms with E-state index in [1.165, 1.54) is 12.4 Å². The smallest absolute Gasteiger partial charge is 0.368 e. The first-order valence-corrected chi connectivity index (χ1v) is 6.36. The van der Waals surface area contributed by atoms with E-state index in [2.05, 4.69) is 37.9 Å². The molecule has 0 unspecified atom stereocenters. The van der Waals surface area contributed by atoms with E-state index in [1.54, 1.807) is 0 Å². The van der Waals surface area contributed by atoms with E-state index < -0.39 is 13.9 Å². The fourth-order valence-corrected chi connectivity index (χ4v) is 0.427. The van der Waals surface area contributed by atoms with Crippen molar-refractivity contribution in [2.24, 2.45) is 22.9 Å². The Hall–Kier alpha value is -3.63. The molecule has 17 N–H and O–H groups in total. The van der Waals surface area contributed by atoms with E-state index >= 15 is 0 Å². The summed E-state index contributed by atoms with van der Waals surface area (Å²) in [7, 11) is -4.64. The van der Waals surface area contributed by atoms with Crippen LogP contribution in [0.25, 0.3) is 0 Å². The number of nitrogen functional groups attached to an aromatic ring is 3. The minimum atomic E-state index is -4.64. The molecule has 24 heavy (non-hydrogen) atoms. The average molecular weight is 368 g/mol. The second-order valence-electron chi connectivity index (χ2n) is 2.58. The fourth-order valence-electron chi connectivity index (χ4n) is 0.427. The Balaban J connectivity index is -0.000000115. The second-order valence-corrected chi connectivity index (χ2v) is 3.61. The van der Waals surface area contributed by atoms with Crippen LogP contribution < -0.4 is 40.1 Å². The molecule has 0 aliphatic carbocycles. The van der Waals surface area contributed by atoms with Gasteiger partial charge in [0.1, 0.15) is 0 Å². The van der Waals surface area contributed by atoms with E-state index in [4.69, 9.17) is 51.8 Å². The van der Waals surface area contributed by atoms with Gasteiger partial charge in [0.25, 0.3) is 0 Å². The molecule has 1 aromatic rings. The molecule has 1 rings (SSSR count). The number of hydrogen-bond acceptors (Lipinski definition) is 12. The lowest BCUT2D eigenvalue weighted by molar-refractivity contribution is 0.256. The molecule has 0 aromatic carbocycles. The number of anilines is 3. The standard InChI is InChI=1S/C3H6N6.CH4N2O.2CH2N2.H3O4P/c4-1-7-2(5)9-3(6)8-1;2-1(3)4;2*2-1-3;1-5(2,3)4/h(H6,4,5,6,7,8,9);(H4,2,3,4);2*2H2;(H3,1,2,3,4). The Kier molecular flexibility index (Phi) is 20.7. The van der Waals surface area contributed by atoms with Crippen molar-refractivity contribution in [2.75, 3.05) is 17.2 Å². The Bertz CT molecular complexity index is 516. The fraction of sp³-hybridized carbons (Fsp3) is 0. The van der Waals surface area contributed by atoms with Gasteiger partial charge in [-0.3, -0.25) is 0 Å². The van der Waals surface area contributed by atoms with Crippen LogP contribution >= 0.6 is 7.82 Å². The Labute approximate surface area is 134 Å². The first-order valence-electron chi connectivity index (χ1n) is 4.80. The summed E-state index contributed by atoms with van der Waals surface area (Å²) >= 11 is 0. The van der Waals surface area contributed by atoms with Crippen LogP contribution in [0.3, 0.4) is 0 Å². The summed E-state index contributed by atoms with van der Waals surface area (Å²) in [6.45, 7) is 0. The molecule has 0 spiro atoms. The molecule has 0 aliphatic rings. The summed E-state index contributed by atoms with van der Waals surface area (Å²) in [4.78, 5) is 41.0. The van der Waals surface area contributed by atoms with E-state index in [9.17, 15) is 0 Å². The number of amides is 2. The number of rotatable bonds is 0. The molecule has 17 nitrogen and oxygen atoms in total. The molecule has 0 fully saturated rings. The predicted octanol–water partition coefficient (Wildman–Crippen LogP) is -4.43. The zero-order valence-corrected chi connectivity index (χ0v) is 12.8. The van der Waals surface area contributed by atoms with Gasteiger partial charge in [0.15, 0.2) is 12.4 Å². The monoisotopic (exact) mass is 368 g/mol. The van der Waals surface area contributed by atoms with Crippen molar-refractivity contribution in [1.82, 2.24) is 15.0 Å². The zero-order valence-electron chi connectivity index (χ0n) is 11.9. The number of nitriles is 2. The molecule has 0 aliphatic heterocycles. The Morgan fingerprint density at radius 2 is 0.958 bits per heavy atom. The van der Waals surface area contributed by atoms with Crippen molar-refractivity contribution in [3.63, 3.8) is 0 Å². The van der Waals surface area contributed by atoms with Crippen molar-refractivity contribution < 1.29 is 24.0 Å². The molecule has 0 bridgehead atoms. The summed E-state index contributed by atoms with van der Waals surface area (Å²) < 4.78 is 8.88. The highest BCUT2D eigenvalue weighted by atomic mass is 31.2. The summed E-state index contributed by atoms with van der Waals surface area (Å²) in [5.74, 6) is 0.125. The number of hydrogen-bond donors (Lipinski definition) is 10. The molecule has 0 radical (unpaired) electrons. The second kappa shape index (κ2) is 17.4. The van der Waals surface area contributed by atoms with Gasteiger partial charge in [0.05, 0.1) is 0 Å². The van der Waals surface area contributed by atoms with Crippen LogP contribution in [0.4, 0.5) is 22.6 Å². The summed E-state index contributed by atoms with van der Waals surface area (Å²) in [5.41, 5.74) is 32.2. The molecule has 1 heterocycles. The van der Waals surface area contributed by atoms with Gasteiger partial charge in [0.2, 0.25) is 17.8 Å². The minimum absolute atomic E-state index is 0.0417. The number of nitrogens with two attached hydrogens (primary N) is 7. The molecular weight excluding hydrogens is 351 g/mol. The van der Waals surface area contributed by atoms with Crippen LogP contribution in [-0.2, 0) is 4.57 Å². The average Bonchev–Trinajstić information content (AvgIpc) is 2.25. The Morgan fingerprint density at radius 3 is 1.04 bits per heavy atom. The SMILES string of the molecule is N#CN.N#CN.NC(N)=O.Nc1nc(N)nc(N)n1.O=P(O)(O)O. The highest BCUT2D eigenvalue weighted by Crippen LogP contribution is 2.25. The highest BCUT2D eigenvalue weighted by Gasteiger charge is 2.00. The largest absolute Gasteiger partial charge is 0.466 e. The number of nitrogens with zero attached hydrogens (tertiary/aromatic N) is 5. The van der Waals surface area contributed by atoms with Crippen LogP contribution in [0.2, 0.25) is 0 Å². The van der Waals surface area contributed by atoms with E-state index in [-0.39, 0.29) is 17.8 Å². The number of carbonyl (C=O) groups excluding carboxylic acids is 1. The summed E-state index contributed by atoms with van der Waals surface area (Å²) in [6.07, 6.45) is 2.50. The molecule has 18 heteroatoms. The number of urea groups is 1. The van der Waals surface area contributed by atoms with Gasteiger partial charge in [-0.05, 0) is 0 Å². The lowest BCUT2D eigenvalue weighted by atomic mass is 10.9. The van der Waals surface area contributed by atoms with Gasteiger partial charge in [-0.25, -0.2) is 9.36 Å². The topological polar surface area (TPSA) is 363 Å². The number of phosphoric acid groups is 1. The van der Waals surface area contributed by atoms with Gasteiger partial charge in [-0.2, -0.15) is 25.5 Å². The van der Waals surface area contributed by atoms with Gasteiger partial charge in [0, 0.05) is 0 Å². The van der Waals surface area contributed by atoms with Crippen molar-refractivity contribution in [2.45, 2.75) is 0 Å². The molecule has 136 valence electrons. The van der Waals surface area contributed by atoms with Gasteiger partial charge in [-0.15, -0.1) is 0 Å². The maximum Gasteiger partial charge on any atom is 0.466 e. The number of carbonyl (C=O) groups is 1. The lowest BCUT2D eigenvalue weighted by Gasteiger charge is -1.93. The molecule has 0 atom stereocenters. The van der Waals surface area contributed by atoms with Crippen LogP contribution in [0.1, 0.15) is 0 Å². The zero-order chi connectivity index (χ0) is 20.3. The number of aromatic nitrogens is 3. The van der Waals surface area contributed by atoms with Crippen LogP contribution in [0.15, 0.2) is 0 Å². The Morgan fingerprint density at radius 1 is 0.875 bits per heavy atom. The van der Waals surface area contributed by atoms with E-state index in [1.807, 2.05) is 0 Å². The van der Waals surface area contributed by atoms with E-state index in [0.717, 1.165) is 0 Å². The molecular formula is C6H17N12O5P. The first kappa shape index (κ1) is 28.5.